The third kappa shape index (κ3) is 3.52. The van der Waals surface area contributed by atoms with Crippen LogP contribution in [0.15, 0.2) is 78.9 Å². The average molecular weight is 387 g/mol. The summed E-state index contributed by atoms with van der Waals surface area (Å²) in [7, 11) is 0. The van der Waals surface area contributed by atoms with Crippen LogP contribution in [-0.4, -0.2) is 18.5 Å². The summed E-state index contributed by atoms with van der Waals surface area (Å²) in [5, 5.41) is 11.7. The molecule has 3 aromatic rings. The molecule has 0 radical (unpaired) electrons. The molecule has 0 aliphatic heterocycles. The molecule has 4 rings (SSSR count). The predicted molar refractivity (Wildman–Crippen MR) is 105 cm³/mol. The van der Waals surface area contributed by atoms with E-state index >= 15 is 0 Å². The van der Waals surface area contributed by atoms with Crippen molar-refractivity contribution in [3.63, 3.8) is 0 Å². The van der Waals surface area contributed by atoms with Gasteiger partial charge in [-0.05, 0) is 22.3 Å². The summed E-state index contributed by atoms with van der Waals surface area (Å²) in [4.78, 5) is 24.4. The van der Waals surface area contributed by atoms with E-state index in [4.69, 9.17) is 4.74 Å². The summed E-state index contributed by atoms with van der Waals surface area (Å²) < 4.78 is 5.51. The van der Waals surface area contributed by atoms with Crippen LogP contribution in [0.4, 0.5) is 0 Å². The number of carbonyl (C=O) groups excluding carboxylic acids is 2. The van der Waals surface area contributed by atoms with Crippen molar-refractivity contribution in [2.75, 3.05) is 6.61 Å². The number of quaternary nitrogens is 1. The lowest BCUT2D eigenvalue weighted by atomic mass is 9.93. The standard InChI is InChI=1S/C24H21NO4/c25-22(15-8-2-1-3-9-15)21(23(26)27)24(28)29-14-20-18-12-6-4-10-16(18)17-11-5-7-13-19(17)20/h1-13,20-22H,14,25H2,(H,26,27)/t21-,22+/m0/s1. The van der Waals surface area contributed by atoms with Crippen molar-refractivity contribution in [2.45, 2.75) is 12.0 Å². The first-order valence-corrected chi connectivity index (χ1v) is 9.51. The molecule has 0 saturated heterocycles. The Morgan fingerprint density at radius 2 is 1.38 bits per heavy atom. The number of fused-ring (bicyclic) bond motifs is 3. The lowest BCUT2D eigenvalue weighted by molar-refractivity contribution is -0.440. The highest BCUT2D eigenvalue weighted by Gasteiger charge is 2.35. The van der Waals surface area contributed by atoms with Crippen molar-refractivity contribution in [3.8, 4) is 11.1 Å². The van der Waals surface area contributed by atoms with Crippen LogP contribution in [0.1, 0.15) is 28.7 Å². The van der Waals surface area contributed by atoms with Crippen LogP contribution in [-0.2, 0) is 14.3 Å². The fourth-order valence-corrected chi connectivity index (χ4v) is 4.01. The molecule has 5 nitrogen and oxygen atoms in total. The summed E-state index contributed by atoms with van der Waals surface area (Å²) in [6.45, 7) is 0.0676. The van der Waals surface area contributed by atoms with E-state index in [1.165, 1.54) is 0 Å². The van der Waals surface area contributed by atoms with Crippen LogP contribution in [0, 0.1) is 5.92 Å². The molecule has 3 N–H and O–H groups in total. The number of carbonyl (C=O) groups is 2. The Morgan fingerprint density at radius 1 is 0.862 bits per heavy atom. The van der Waals surface area contributed by atoms with E-state index in [9.17, 15) is 14.7 Å². The van der Waals surface area contributed by atoms with Gasteiger partial charge < -0.3 is 20.4 Å². The van der Waals surface area contributed by atoms with Crippen LogP contribution in [0.2, 0.25) is 0 Å². The van der Waals surface area contributed by atoms with E-state index in [-0.39, 0.29) is 12.5 Å². The first-order valence-electron chi connectivity index (χ1n) is 9.51. The molecule has 5 heteroatoms. The number of benzene rings is 3. The van der Waals surface area contributed by atoms with E-state index in [0.717, 1.165) is 22.3 Å². The van der Waals surface area contributed by atoms with Gasteiger partial charge >= 0.3 is 5.97 Å². The zero-order chi connectivity index (χ0) is 20.4. The van der Waals surface area contributed by atoms with Crippen molar-refractivity contribution in [3.05, 3.63) is 95.6 Å². The van der Waals surface area contributed by atoms with Crippen LogP contribution in [0.25, 0.3) is 11.1 Å². The second-order valence-corrected chi connectivity index (χ2v) is 7.17. The summed E-state index contributed by atoms with van der Waals surface area (Å²) in [6, 6.07) is 24.0. The number of esters is 1. The molecule has 0 fully saturated rings. The average Bonchev–Trinajstić information content (AvgIpc) is 3.06. The number of hydrogen-bond acceptors (Lipinski definition) is 4. The highest BCUT2D eigenvalue weighted by atomic mass is 16.5. The molecule has 0 heterocycles. The Hall–Kier alpha value is -3.44. The first-order chi connectivity index (χ1) is 14.1. The molecule has 0 spiro atoms. The Labute approximate surface area is 168 Å². The SMILES string of the molecule is [NH3+][C@H](c1ccccc1)[C@@H](C(=O)[O-])C(=O)OCC1c2ccccc2-c2ccccc21. The van der Waals surface area contributed by atoms with Gasteiger partial charge in [0.1, 0.15) is 12.6 Å². The Kier molecular flexibility index (Phi) is 5.14. The molecular weight excluding hydrogens is 366 g/mol. The second kappa shape index (κ2) is 7.89. The maximum atomic E-state index is 12.7. The van der Waals surface area contributed by atoms with Gasteiger partial charge in [-0.1, -0.05) is 78.9 Å². The Balaban J connectivity index is 1.55. The zero-order valence-corrected chi connectivity index (χ0v) is 15.8. The highest BCUT2D eigenvalue weighted by molar-refractivity contribution is 5.94. The summed E-state index contributed by atoms with van der Waals surface area (Å²) >= 11 is 0. The van der Waals surface area contributed by atoms with E-state index < -0.39 is 23.9 Å². The number of carboxylic acid groups (broad SMARTS) is 1. The van der Waals surface area contributed by atoms with Gasteiger partial charge in [0.2, 0.25) is 0 Å². The molecule has 0 unspecified atom stereocenters. The monoisotopic (exact) mass is 387 g/mol. The fraction of sp³-hybridized carbons (Fsp3) is 0.167. The number of carboxylic acids is 1. The molecule has 146 valence electrons. The quantitative estimate of drug-likeness (QED) is 0.514. The summed E-state index contributed by atoms with van der Waals surface area (Å²) in [5.41, 5.74) is 8.89. The van der Waals surface area contributed by atoms with Crippen molar-refractivity contribution in [2.24, 2.45) is 5.92 Å². The molecule has 29 heavy (non-hydrogen) atoms. The van der Waals surface area contributed by atoms with E-state index in [1.54, 1.807) is 24.3 Å². The predicted octanol–water partition coefficient (Wildman–Crippen LogP) is 1.69. The van der Waals surface area contributed by atoms with Gasteiger partial charge in [0.05, 0.1) is 5.97 Å². The van der Waals surface area contributed by atoms with Crippen LogP contribution >= 0.6 is 0 Å². The van der Waals surface area contributed by atoms with Gasteiger partial charge in [-0.15, -0.1) is 0 Å². The summed E-state index contributed by atoms with van der Waals surface area (Å²) in [5.74, 6) is -3.90. The molecule has 2 atom stereocenters. The fourth-order valence-electron chi connectivity index (χ4n) is 4.01. The van der Waals surface area contributed by atoms with Crippen LogP contribution in [0.5, 0.6) is 0 Å². The largest absolute Gasteiger partial charge is 0.549 e. The number of rotatable bonds is 6. The molecular formula is C24H21NO4. The molecule has 0 saturated carbocycles. The molecule has 1 aliphatic rings. The number of ether oxygens (including phenoxy) is 1. The van der Waals surface area contributed by atoms with E-state index in [0.29, 0.717) is 5.56 Å². The highest BCUT2D eigenvalue weighted by Crippen LogP contribution is 2.44. The van der Waals surface area contributed by atoms with Gasteiger partial charge in [-0.25, -0.2) is 0 Å². The smallest absolute Gasteiger partial charge is 0.321 e. The third-order valence-corrected chi connectivity index (χ3v) is 5.49. The van der Waals surface area contributed by atoms with Gasteiger partial charge in [0.15, 0.2) is 5.92 Å². The van der Waals surface area contributed by atoms with Crippen molar-refractivity contribution in [1.82, 2.24) is 0 Å². The minimum atomic E-state index is -1.48. The van der Waals surface area contributed by atoms with E-state index in [2.05, 4.69) is 5.73 Å². The topological polar surface area (TPSA) is 94.1 Å². The normalized spacial score (nSPS) is 14.5. The lowest BCUT2D eigenvalue weighted by Crippen LogP contribution is -2.62. The van der Waals surface area contributed by atoms with Gasteiger partial charge in [0, 0.05) is 11.5 Å². The van der Waals surface area contributed by atoms with Crippen molar-refractivity contribution < 1.29 is 25.2 Å². The van der Waals surface area contributed by atoms with Gasteiger partial charge in [-0.3, -0.25) is 4.79 Å². The van der Waals surface area contributed by atoms with Crippen LogP contribution in [0.3, 0.4) is 0 Å². The Morgan fingerprint density at radius 3 is 1.93 bits per heavy atom. The first kappa shape index (κ1) is 18.9. The lowest BCUT2D eigenvalue weighted by Gasteiger charge is -2.22. The van der Waals surface area contributed by atoms with Crippen molar-refractivity contribution in [1.29, 1.82) is 0 Å². The Bertz CT molecular complexity index is 1000. The zero-order valence-electron chi connectivity index (χ0n) is 15.8. The second-order valence-electron chi connectivity index (χ2n) is 7.17. The molecule has 0 bridgehead atoms. The number of hydrogen-bond donors (Lipinski definition) is 1. The number of aliphatic carboxylic acids is 1. The molecule has 0 amide bonds. The van der Waals surface area contributed by atoms with Gasteiger partial charge in [0.25, 0.3) is 0 Å². The maximum absolute atomic E-state index is 12.7. The minimum Gasteiger partial charge on any atom is -0.549 e. The third-order valence-electron chi connectivity index (χ3n) is 5.49. The van der Waals surface area contributed by atoms with Crippen molar-refractivity contribution >= 4 is 11.9 Å². The molecule has 0 aromatic heterocycles. The summed E-state index contributed by atoms with van der Waals surface area (Å²) in [6.07, 6.45) is 0. The van der Waals surface area contributed by atoms with Gasteiger partial charge in [-0.2, -0.15) is 0 Å². The molecule has 3 aromatic carbocycles. The van der Waals surface area contributed by atoms with Crippen LogP contribution < -0.4 is 10.8 Å². The molecule has 1 aliphatic carbocycles. The maximum Gasteiger partial charge on any atom is 0.321 e. The minimum absolute atomic E-state index is 0.0676. The van der Waals surface area contributed by atoms with E-state index in [1.807, 2.05) is 54.6 Å².